The molecule has 2 atom stereocenters. The summed E-state index contributed by atoms with van der Waals surface area (Å²) in [6, 6.07) is 1.85. The average Bonchev–Trinajstić information content (AvgIpc) is 2.28. The van der Waals surface area contributed by atoms with Crippen LogP contribution in [0.2, 0.25) is 5.15 Å². The molecule has 2 heterocycles. The first-order valence-corrected chi connectivity index (χ1v) is 6.29. The SMILES string of the molecule is CCC1CC(C)CN(c2cc(Cl)ncn2)C1. The summed E-state index contributed by atoms with van der Waals surface area (Å²) in [5, 5.41) is 0.524. The standard InChI is InChI=1S/C12H18ClN3/c1-3-10-4-9(2)6-16(7-10)12-5-11(13)14-8-15-12/h5,8-10H,3-4,6-7H2,1-2H3. The van der Waals surface area contributed by atoms with Crippen LogP contribution in [0.4, 0.5) is 5.82 Å². The first kappa shape index (κ1) is 11.6. The number of aromatic nitrogens is 2. The summed E-state index contributed by atoms with van der Waals surface area (Å²) >= 11 is 5.89. The van der Waals surface area contributed by atoms with Crippen LogP contribution in [0.3, 0.4) is 0 Å². The number of nitrogens with zero attached hydrogens (tertiary/aromatic N) is 3. The molecular weight excluding hydrogens is 222 g/mol. The third-order valence-corrected chi connectivity index (χ3v) is 3.47. The summed E-state index contributed by atoms with van der Waals surface area (Å²) in [5.74, 6) is 2.47. The maximum atomic E-state index is 5.89. The van der Waals surface area contributed by atoms with E-state index in [-0.39, 0.29) is 0 Å². The van der Waals surface area contributed by atoms with Crippen LogP contribution in [0.15, 0.2) is 12.4 Å². The van der Waals surface area contributed by atoms with Crippen LogP contribution in [0, 0.1) is 11.8 Å². The van der Waals surface area contributed by atoms with Crippen LogP contribution in [-0.2, 0) is 0 Å². The Morgan fingerprint density at radius 3 is 2.94 bits per heavy atom. The van der Waals surface area contributed by atoms with Gasteiger partial charge in [0, 0.05) is 19.2 Å². The van der Waals surface area contributed by atoms with E-state index in [9.17, 15) is 0 Å². The lowest BCUT2D eigenvalue weighted by molar-refractivity contribution is 0.327. The van der Waals surface area contributed by atoms with Crippen molar-refractivity contribution < 1.29 is 0 Å². The molecule has 0 spiro atoms. The summed E-state index contributed by atoms with van der Waals surface area (Å²) < 4.78 is 0. The van der Waals surface area contributed by atoms with Gasteiger partial charge in [-0.05, 0) is 18.3 Å². The number of piperidine rings is 1. The van der Waals surface area contributed by atoms with Gasteiger partial charge in [-0.3, -0.25) is 0 Å². The van der Waals surface area contributed by atoms with Crippen LogP contribution in [0.5, 0.6) is 0 Å². The maximum Gasteiger partial charge on any atom is 0.134 e. The highest BCUT2D eigenvalue weighted by molar-refractivity contribution is 6.29. The molecule has 1 aromatic rings. The number of hydrogen-bond acceptors (Lipinski definition) is 3. The summed E-state index contributed by atoms with van der Waals surface area (Å²) in [4.78, 5) is 10.5. The van der Waals surface area contributed by atoms with Crippen molar-refractivity contribution in [2.24, 2.45) is 11.8 Å². The molecule has 0 bridgehead atoms. The molecule has 2 unspecified atom stereocenters. The molecule has 0 saturated carbocycles. The highest BCUT2D eigenvalue weighted by Gasteiger charge is 2.24. The van der Waals surface area contributed by atoms with E-state index in [2.05, 4.69) is 28.7 Å². The topological polar surface area (TPSA) is 29.0 Å². The van der Waals surface area contributed by atoms with E-state index in [1.165, 1.54) is 19.2 Å². The fourth-order valence-corrected chi connectivity index (χ4v) is 2.60. The smallest absolute Gasteiger partial charge is 0.134 e. The van der Waals surface area contributed by atoms with E-state index in [1.54, 1.807) is 0 Å². The number of rotatable bonds is 2. The van der Waals surface area contributed by atoms with Crippen molar-refractivity contribution in [1.29, 1.82) is 0 Å². The van der Waals surface area contributed by atoms with Crippen molar-refractivity contribution in [1.82, 2.24) is 9.97 Å². The lowest BCUT2D eigenvalue weighted by Crippen LogP contribution is -2.39. The first-order valence-electron chi connectivity index (χ1n) is 5.91. The van der Waals surface area contributed by atoms with Gasteiger partial charge < -0.3 is 4.90 Å². The van der Waals surface area contributed by atoms with Gasteiger partial charge in [-0.2, -0.15) is 0 Å². The predicted molar refractivity (Wildman–Crippen MR) is 66.8 cm³/mol. The summed E-state index contributed by atoms with van der Waals surface area (Å²) in [6.45, 7) is 6.73. The van der Waals surface area contributed by atoms with Gasteiger partial charge in [0.25, 0.3) is 0 Å². The zero-order valence-corrected chi connectivity index (χ0v) is 10.6. The highest BCUT2D eigenvalue weighted by Crippen LogP contribution is 2.27. The second-order valence-corrected chi connectivity index (χ2v) is 5.11. The molecule has 1 fully saturated rings. The molecule has 3 nitrogen and oxygen atoms in total. The molecule has 0 N–H and O–H groups in total. The van der Waals surface area contributed by atoms with Crippen LogP contribution < -0.4 is 4.90 Å². The Morgan fingerprint density at radius 2 is 2.25 bits per heavy atom. The highest BCUT2D eigenvalue weighted by atomic mass is 35.5. The minimum atomic E-state index is 0.524. The van der Waals surface area contributed by atoms with Gasteiger partial charge in [0.15, 0.2) is 0 Å². The molecule has 1 aromatic heterocycles. The lowest BCUT2D eigenvalue weighted by Gasteiger charge is -2.36. The van der Waals surface area contributed by atoms with Gasteiger partial charge in [0.1, 0.15) is 17.3 Å². The van der Waals surface area contributed by atoms with Crippen molar-refractivity contribution in [2.45, 2.75) is 26.7 Å². The molecule has 1 aliphatic rings. The van der Waals surface area contributed by atoms with Crippen LogP contribution in [0.25, 0.3) is 0 Å². The van der Waals surface area contributed by atoms with Crippen LogP contribution in [0.1, 0.15) is 26.7 Å². The van der Waals surface area contributed by atoms with E-state index in [1.807, 2.05) is 6.07 Å². The summed E-state index contributed by atoms with van der Waals surface area (Å²) in [5.41, 5.74) is 0. The third-order valence-electron chi connectivity index (χ3n) is 3.27. The third kappa shape index (κ3) is 2.64. The van der Waals surface area contributed by atoms with Gasteiger partial charge in [-0.1, -0.05) is 31.9 Å². The largest absolute Gasteiger partial charge is 0.356 e. The summed E-state index contributed by atoms with van der Waals surface area (Å²) in [7, 11) is 0. The van der Waals surface area contributed by atoms with Crippen molar-refractivity contribution in [3.8, 4) is 0 Å². The van der Waals surface area contributed by atoms with Crippen LogP contribution >= 0.6 is 11.6 Å². The van der Waals surface area contributed by atoms with Crippen molar-refractivity contribution in [3.05, 3.63) is 17.5 Å². The summed E-state index contributed by atoms with van der Waals surface area (Å²) in [6.07, 6.45) is 4.10. The Labute approximate surface area is 102 Å². The molecule has 1 saturated heterocycles. The Bertz CT molecular complexity index is 356. The van der Waals surface area contributed by atoms with E-state index in [4.69, 9.17) is 11.6 Å². The Balaban J connectivity index is 2.14. The number of anilines is 1. The zero-order valence-electron chi connectivity index (χ0n) is 9.86. The molecule has 4 heteroatoms. The van der Waals surface area contributed by atoms with Crippen molar-refractivity contribution >= 4 is 17.4 Å². The van der Waals surface area contributed by atoms with Crippen molar-refractivity contribution in [2.75, 3.05) is 18.0 Å². The molecular formula is C12H18ClN3. The van der Waals surface area contributed by atoms with Gasteiger partial charge in [-0.15, -0.1) is 0 Å². The fourth-order valence-electron chi connectivity index (χ4n) is 2.46. The second kappa shape index (κ2) is 5.00. The molecule has 16 heavy (non-hydrogen) atoms. The van der Waals surface area contributed by atoms with Gasteiger partial charge in [0.2, 0.25) is 0 Å². The van der Waals surface area contributed by atoms with Gasteiger partial charge >= 0.3 is 0 Å². The maximum absolute atomic E-state index is 5.89. The van der Waals surface area contributed by atoms with Gasteiger partial charge in [-0.25, -0.2) is 9.97 Å². The number of hydrogen-bond donors (Lipinski definition) is 0. The second-order valence-electron chi connectivity index (χ2n) is 4.72. The quantitative estimate of drug-likeness (QED) is 0.743. The molecule has 0 radical (unpaired) electrons. The zero-order chi connectivity index (χ0) is 11.5. The van der Waals surface area contributed by atoms with E-state index >= 15 is 0 Å². The lowest BCUT2D eigenvalue weighted by atomic mass is 9.89. The van der Waals surface area contributed by atoms with Gasteiger partial charge in [0.05, 0.1) is 0 Å². The van der Waals surface area contributed by atoms with E-state index in [0.29, 0.717) is 5.15 Å². The monoisotopic (exact) mass is 239 g/mol. The Hall–Kier alpha value is -0.830. The fraction of sp³-hybridized carbons (Fsp3) is 0.667. The van der Waals surface area contributed by atoms with Crippen LogP contribution in [-0.4, -0.2) is 23.1 Å². The molecule has 2 rings (SSSR count). The predicted octanol–water partition coefficient (Wildman–Crippen LogP) is 3.00. The minimum Gasteiger partial charge on any atom is -0.356 e. The average molecular weight is 240 g/mol. The molecule has 1 aliphatic heterocycles. The van der Waals surface area contributed by atoms with E-state index in [0.717, 1.165) is 30.7 Å². The molecule has 0 aromatic carbocycles. The number of halogens is 1. The Kier molecular flexibility index (Phi) is 3.64. The molecule has 0 aliphatic carbocycles. The molecule has 0 amide bonds. The Morgan fingerprint density at radius 1 is 1.44 bits per heavy atom. The normalized spacial score (nSPS) is 25.8. The molecule has 88 valence electrons. The van der Waals surface area contributed by atoms with E-state index < -0.39 is 0 Å². The van der Waals surface area contributed by atoms with Crippen molar-refractivity contribution in [3.63, 3.8) is 0 Å². The minimum absolute atomic E-state index is 0.524. The first-order chi connectivity index (χ1) is 7.69.